The Labute approximate surface area is 182 Å². The highest BCUT2D eigenvalue weighted by Crippen LogP contribution is 2.36. The van der Waals surface area contributed by atoms with Gasteiger partial charge in [-0.1, -0.05) is 29.4 Å². The van der Waals surface area contributed by atoms with Gasteiger partial charge in [0.25, 0.3) is 0 Å². The molecule has 3 aromatic heterocycles. The van der Waals surface area contributed by atoms with Gasteiger partial charge in [0.05, 0.1) is 10.8 Å². The molecular weight excluding hydrogens is 426 g/mol. The smallest absolute Gasteiger partial charge is 0.236 e. The number of rotatable bonds is 7. The Bertz CT molecular complexity index is 1030. The Morgan fingerprint density at radius 3 is 3.00 bits per heavy atom. The van der Waals surface area contributed by atoms with Crippen LogP contribution in [0.2, 0.25) is 5.02 Å². The largest absolute Gasteiger partial charge is 0.310 e. The minimum Gasteiger partial charge on any atom is -0.310 e. The number of aromatic nitrogens is 4. The number of anilines is 1. The van der Waals surface area contributed by atoms with Crippen LogP contribution in [0.5, 0.6) is 0 Å². The third kappa shape index (κ3) is 4.55. The van der Waals surface area contributed by atoms with Crippen LogP contribution in [0.3, 0.4) is 0 Å². The van der Waals surface area contributed by atoms with Crippen LogP contribution >= 0.6 is 34.7 Å². The molecule has 1 aliphatic carbocycles. The third-order valence-electron chi connectivity index (χ3n) is 4.66. The summed E-state index contributed by atoms with van der Waals surface area (Å²) in [5, 5.41) is 15.0. The summed E-state index contributed by atoms with van der Waals surface area (Å²) in [5.41, 5.74) is 2.57. The van der Waals surface area contributed by atoms with E-state index in [2.05, 4.69) is 32.5 Å². The van der Waals surface area contributed by atoms with Crippen molar-refractivity contribution in [3.05, 3.63) is 51.8 Å². The number of halogens is 1. The minimum absolute atomic E-state index is 0.160. The lowest BCUT2D eigenvalue weighted by molar-refractivity contribution is -0.113. The van der Waals surface area contributed by atoms with Crippen molar-refractivity contribution in [3.8, 4) is 11.4 Å². The van der Waals surface area contributed by atoms with Gasteiger partial charge in [-0.25, -0.2) is 4.98 Å². The summed E-state index contributed by atoms with van der Waals surface area (Å²) in [6.07, 6.45) is 8.04. The molecule has 0 aromatic carbocycles. The van der Waals surface area contributed by atoms with Crippen molar-refractivity contribution in [1.82, 2.24) is 19.7 Å². The zero-order chi connectivity index (χ0) is 20.2. The second kappa shape index (κ2) is 9.11. The number of fused-ring (bicyclic) bond motifs is 1. The maximum atomic E-state index is 12.3. The fourth-order valence-corrected chi connectivity index (χ4v) is 5.31. The molecule has 0 fully saturated rings. The molecule has 3 aromatic rings. The number of pyridine rings is 1. The molecule has 150 valence electrons. The second-order valence-electron chi connectivity index (χ2n) is 6.66. The number of nitrogens with one attached hydrogen (secondary N) is 1. The van der Waals surface area contributed by atoms with Gasteiger partial charge < -0.3 is 5.32 Å². The number of nitrogens with zero attached hydrogens (tertiary/aromatic N) is 4. The number of thioether (sulfide) groups is 1. The highest BCUT2D eigenvalue weighted by molar-refractivity contribution is 7.99. The number of allylic oxidation sites excluding steroid dienone is 1. The van der Waals surface area contributed by atoms with E-state index in [1.807, 2.05) is 22.0 Å². The maximum absolute atomic E-state index is 12.3. The molecule has 0 saturated carbocycles. The van der Waals surface area contributed by atoms with Gasteiger partial charge in [0.2, 0.25) is 5.91 Å². The molecule has 0 atom stereocenters. The van der Waals surface area contributed by atoms with E-state index in [9.17, 15) is 4.79 Å². The molecule has 4 rings (SSSR count). The quantitative estimate of drug-likeness (QED) is 0.415. The fraction of sp³-hybridized carbons (Fsp3) is 0.300. The van der Waals surface area contributed by atoms with E-state index in [1.54, 1.807) is 12.1 Å². The van der Waals surface area contributed by atoms with E-state index in [4.69, 9.17) is 11.6 Å². The number of hydrogen-bond acceptors (Lipinski definition) is 6. The van der Waals surface area contributed by atoms with Crippen LogP contribution in [0.15, 0.2) is 41.5 Å². The number of hydrogen-bond donors (Lipinski definition) is 1. The monoisotopic (exact) mass is 445 g/mol. The zero-order valence-corrected chi connectivity index (χ0v) is 18.1. The van der Waals surface area contributed by atoms with E-state index < -0.39 is 0 Å². The van der Waals surface area contributed by atoms with Gasteiger partial charge in [-0.2, -0.15) is 0 Å². The first kappa shape index (κ1) is 20.1. The van der Waals surface area contributed by atoms with Gasteiger partial charge >= 0.3 is 0 Å². The molecule has 0 aliphatic heterocycles. The zero-order valence-electron chi connectivity index (χ0n) is 15.7. The lowest BCUT2D eigenvalue weighted by Gasteiger charge is -2.13. The summed E-state index contributed by atoms with van der Waals surface area (Å²) in [4.78, 5) is 17.8. The van der Waals surface area contributed by atoms with Crippen molar-refractivity contribution in [3.63, 3.8) is 0 Å². The molecule has 3 heterocycles. The summed E-state index contributed by atoms with van der Waals surface area (Å²) in [5.74, 6) is 1.37. The van der Waals surface area contributed by atoms with Crippen LogP contribution < -0.4 is 5.32 Å². The van der Waals surface area contributed by atoms with E-state index in [1.165, 1.54) is 46.8 Å². The van der Waals surface area contributed by atoms with Crippen LogP contribution in [0, 0.1) is 0 Å². The Kier molecular flexibility index (Phi) is 6.32. The Morgan fingerprint density at radius 2 is 2.21 bits per heavy atom. The Hall–Kier alpha value is -2.16. The minimum atomic E-state index is -0.160. The summed E-state index contributed by atoms with van der Waals surface area (Å²) >= 11 is 8.98. The molecule has 1 N–H and O–H groups in total. The van der Waals surface area contributed by atoms with E-state index in [0.29, 0.717) is 22.5 Å². The molecule has 29 heavy (non-hydrogen) atoms. The standard InChI is InChI=1S/C20H20ClN5OS2/c1-2-9-26-19(15-11-28-16-6-4-3-5-14(15)16)24-25-20(26)29-12-18(27)23-17-8-7-13(21)10-22-17/h2,7-8,10-11H,1,3-6,9,12H2,(H,22,23,27). The average Bonchev–Trinajstić information content (AvgIpc) is 3.32. The summed E-state index contributed by atoms with van der Waals surface area (Å²) in [6.45, 7) is 4.46. The van der Waals surface area contributed by atoms with E-state index in [-0.39, 0.29) is 11.7 Å². The first-order valence-corrected chi connectivity index (χ1v) is 11.6. The van der Waals surface area contributed by atoms with Crippen molar-refractivity contribution >= 4 is 46.4 Å². The predicted molar refractivity (Wildman–Crippen MR) is 119 cm³/mol. The lowest BCUT2D eigenvalue weighted by atomic mass is 9.95. The second-order valence-corrected chi connectivity index (χ2v) is 9.01. The van der Waals surface area contributed by atoms with E-state index in [0.717, 1.165) is 18.7 Å². The van der Waals surface area contributed by atoms with Gasteiger partial charge in [-0.15, -0.1) is 28.1 Å². The molecule has 0 unspecified atom stereocenters. The Balaban J connectivity index is 1.49. The topological polar surface area (TPSA) is 72.7 Å². The molecule has 6 nitrogen and oxygen atoms in total. The number of aryl methyl sites for hydroxylation is 1. The summed E-state index contributed by atoms with van der Waals surface area (Å²) in [6, 6.07) is 3.36. The molecular formula is C20H20ClN5OS2. The fourth-order valence-electron chi connectivity index (χ4n) is 3.33. The predicted octanol–water partition coefficient (Wildman–Crippen LogP) is 4.85. The van der Waals surface area contributed by atoms with Crippen molar-refractivity contribution in [2.24, 2.45) is 0 Å². The summed E-state index contributed by atoms with van der Waals surface area (Å²) < 4.78 is 2.03. The number of amides is 1. The van der Waals surface area contributed by atoms with Crippen LogP contribution in [0.25, 0.3) is 11.4 Å². The van der Waals surface area contributed by atoms with Crippen molar-refractivity contribution < 1.29 is 4.79 Å². The van der Waals surface area contributed by atoms with Crippen molar-refractivity contribution in [2.75, 3.05) is 11.1 Å². The molecule has 1 aliphatic rings. The first-order chi connectivity index (χ1) is 14.2. The molecule has 0 radical (unpaired) electrons. The number of carbonyl (C=O) groups is 1. The first-order valence-electron chi connectivity index (χ1n) is 9.33. The van der Waals surface area contributed by atoms with Crippen LogP contribution in [0.1, 0.15) is 23.3 Å². The molecule has 0 saturated heterocycles. The normalized spacial score (nSPS) is 13.1. The van der Waals surface area contributed by atoms with Crippen LogP contribution in [-0.2, 0) is 24.2 Å². The molecule has 0 bridgehead atoms. The average molecular weight is 446 g/mol. The molecule has 1 amide bonds. The van der Waals surface area contributed by atoms with Gasteiger partial charge in [-0.3, -0.25) is 9.36 Å². The Morgan fingerprint density at radius 1 is 1.34 bits per heavy atom. The van der Waals surface area contributed by atoms with Crippen molar-refractivity contribution in [1.29, 1.82) is 0 Å². The van der Waals surface area contributed by atoms with Gasteiger partial charge in [0, 0.05) is 28.6 Å². The molecule has 0 spiro atoms. The SMILES string of the molecule is C=CCn1c(SCC(=O)Nc2ccc(Cl)cn2)nnc1-c1csc2c1CCCC2. The number of thiophene rings is 1. The summed E-state index contributed by atoms with van der Waals surface area (Å²) in [7, 11) is 0. The van der Waals surface area contributed by atoms with Crippen LogP contribution in [-0.4, -0.2) is 31.4 Å². The number of carbonyl (C=O) groups excluding carboxylic acids is 1. The highest BCUT2D eigenvalue weighted by atomic mass is 35.5. The van der Waals surface area contributed by atoms with Gasteiger partial charge in [-0.05, 0) is 43.4 Å². The van der Waals surface area contributed by atoms with E-state index >= 15 is 0 Å². The maximum Gasteiger partial charge on any atom is 0.236 e. The van der Waals surface area contributed by atoms with Crippen LogP contribution in [0.4, 0.5) is 5.82 Å². The van der Waals surface area contributed by atoms with Gasteiger partial charge in [0.15, 0.2) is 11.0 Å². The highest BCUT2D eigenvalue weighted by Gasteiger charge is 2.22. The van der Waals surface area contributed by atoms with Gasteiger partial charge in [0.1, 0.15) is 5.82 Å². The lowest BCUT2D eigenvalue weighted by Crippen LogP contribution is -2.15. The molecule has 9 heteroatoms. The third-order valence-corrected chi connectivity index (χ3v) is 6.94. The van der Waals surface area contributed by atoms with Crippen molar-refractivity contribution in [2.45, 2.75) is 37.4 Å².